The van der Waals surface area contributed by atoms with E-state index in [0.29, 0.717) is 6.61 Å². The minimum absolute atomic E-state index is 0.641. The molecule has 192 valence electrons. The number of allylic oxidation sites excluding steroid dienone is 1. The largest absolute Gasteiger partial charge is 0.493 e. The van der Waals surface area contributed by atoms with E-state index >= 15 is 0 Å². The first-order valence-electron chi connectivity index (χ1n) is 13.3. The summed E-state index contributed by atoms with van der Waals surface area (Å²) in [5, 5.41) is 0. The maximum absolute atomic E-state index is 6.07. The van der Waals surface area contributed by atoms with E-state index in [4.69, 9.17) is 14.5 Å². The zero-order valence-electron chi connectivity index (χ0n) is 22.1. The molecule has 0 atom stereocenters. The number of benzene rings is 4. The van der Waals surface area contributed by atoms with E-state index < -0.39 is 0 Å². The Morgan fingerprint density at radius 1 is 0.789 bits per heavy atom. The average Bonchev–Trinajstić information content (AvgIpc) is 3.31. The monoisotopic (exact) mass is 502 g/mol. The van der Waals surface area contributed by atoms with E-state index in [1.54, 1.807) is 7.11 Å². The van der Waals surface area contributed by atoms with Gasteiger partial charge in [-0.15, -0.1) is 0 Å². The molecule has 0 fully saturated rings. The highest BCUT2D eigenvalue weighted by atomic mass is 16.5. The molecule has 0 N–H and O–H groups in total. The lowest BCUT2D eigenvalue weighted by atomic mass is 10.0. The average molecular weight is 503 g/mol. The van der Waals surface area contributed by atoms with E-state index in [-0.39, 0.29) is 0 Å². The molecule has 0 amide bonds. The van der Waals surface area contributed by atoms with Crippen molar-refractivity contribution in [2.75, 3.05) is 13.7 Å². The smallest absolute Gasteiger partial charge is 0.161 e. The van der Waals surface area contributed by atoms with Crippen LogP contribution in [0.25, 0.3) is 28.2 Å². The van der Waals surface area contributed by atoms with Gasteiger partial charge < -0.3 is 14.0 Å². The Morgan fingerprint density at radius 2 is 1.55 bits per heavy atom. The van der Waals surface area contributed by atoms with Crippen LogP contribution in [0.3, 0.4) is 0 Å². The molecule has 0 saturated carbocycles. The van der Waals surface area contributed by atoms with Gasteiger partial charge in [0.05, 0.1) is 24.8 Å². The Morgan fingerprint density at radius 3 is 2.34 bits per heavy atom. The molecule has 0 aliphatic heterocycles. The second kappa shape index (κ2) is 12.3. The van der Waals surface area contributed by atoms with Gasteiger partial charge in [-0.05, 0) is 66.3 Å². The van der Waals surface area contributed by atoms with Crippen molar-refractivity contribution in [2.24, 2.45) is 0 Å². The van der Waals surface area contributed by atoms with Crippen LogP contribution in [0.15, 0.2) is 103 Å². The van der Waals surface area contributed by atoms with Crippen molar-refractivity contribution in [3.05, 3.63) is 120 Å². The fourth-order valence-electron chi connectivity index (χ4n) is 4.79. The van der Waals surface area contributed by atoms with Crippen molar-refractivity contribution < 1.29 is 9.47 Å². The summed E-state index contributed by atoms with van der Waals surface area (Å²) >= 11 is 0. The summed E-state index contributed by atoms with van der Waals surface area (Å²) in [4.78, 5) is 4.99. The number of aromatic nitrogens is 2. The normalized spacial score (nSPS) is 11.3. The minimum Gasteiger partial charge on any atom is -0.493 e. The summed E-state index contributed by atoms with van der Waals surface area (Å²) in [5.74, 6) is 2.65. The SMILES string of the molecule is C/C=C/c1ccc(OCCCCn2c(Cc3ccc(-c4ccccc4)cc3)nc3ccccc32)c(OC)c1. The van der Waals surface area contributed by atoms with Gasteiger partial charge in [0.25, 0.3) is 0 Å². The zero-order valence-corrected chi connectivity index (χ0v) is 22.1. The van der Waals surface area contributed by atoms with Gasteiger partial charge in [-0.2, -0.15) is 0 Å². The number of imidazole rings is 1. The fraction of sp³-hybridized carbons (Fsp3) is 0.206. The summed E-state index contributed by atoms with van der Waals surface area (Å²) < 4.78 is 14.0. The molecule has 5 rings (SSSR count). The number of nitrogens with zero attached hydrogens (tertiary/aromatic N) is 2. The molecule has 0 radical (unpaired) electrons. The van der Waals surface area contributed by atoms with Gasteiger partial charge in [0.2, 0.25) is 0 Å². The topological polar surface area (TPSA) is 36.3 Å². The minimum atomic E-state index is 0.641. The van der Waals surface area contributed by atoms with Crippen LogP contribution < -0.4 is 9.47 Å². The number of hydrogen-bond donors (Lipinski definition) is 0. The first-order chi connectivity index (χ1) is 18.7. The third kappa shape index (κ3) is 5.97. The summed E-state index contributed by atoms with van der Waals surface area (Å²) in [5.41, 5.74) is 7.07. The predicted octanol–water partition coefficient (Wildman–Crippen LogP) is 8.20. The van der Waals surface area contributed by atoms with Crippen molar-refractivity contribution in [3.8, 4) is 22.6 Å². The number of ether oxygens (including phenoxy) is 2. The third-order valence-corrected chi connectivity index (χ3v) is 6.74. The Hall–Kier alpha value is -4.31. The van der Waals surface area contributed by atoms with Gasteiger partial charge >= 0.3 is 0 Å². The second-order valence-corrected chi connectivity index (χ2v) is 9.37. The highest BCUT2D eigenvalue weighted by Gasteiger charge is 2.12. The maximum atomic E-state index is 6.07. The van der Waals surface area contributed by atoms with E-state index in [0.717, 1.165) is 54.2 Å². The Balaban J connectivity index is 1.24. The maximum Gasteiger partial charge on any atom is 0.161 e. The van der Waals surface area contributed by atoms with Crippen LogP contribution in [0.2, 0.25) is 0 Å². The van der Waals surface area contributed by atoms with Crippen LogP contribution in [-0.2, 0) is 13.0 Å². The number of unbranched alkanes of at least 4 members (excludes halogenated alkanes) is 1. The fourth-order valence-corrected chi connectivity index (χ4v) is 4.79. The molecule has 0 aliphatic rings. The van der Waals surface area contributed by atoms with Crippen molar-refractivity contribution >= 4 is 17.1 Å². The van der Waals surface area contributed by atoms with Crippen LogP contribution in [0.4, 0.5) is 0 Å². The Bertz CT molecular complexity index is 1500. The molecule has 0 saturated heterocycles. The van der Waals surface area contributed by atoms with Crippen molar-refractivity contribution in [2.45, 2.75) is 32.7 Å². The summed E-state index contributed by atoms with van der Waals surface area (Å²) in [6, 6.07) is 33.8. The molecule has 0 bridgehead atoms. The molecule has 0 spiro atoms. The van der Waals surface area contributed by atoms with E-state index in [1.807, 2.05) is 37.3 Å². The molecule has 38 heavy (non-hydrogen) atoms. The third-order valence-electron chi connectivity index (χ3n) is 6.74. The van der Waals surface area contributed by atoms with Gasteiger partial charge in [-0.3, -0.25) is 0 Å². The van der Waals surface area contributed by atoms with Crippen LogP contribution in [0.1, 0.15) is 36.7 Å². The van der Waals surface area contributed by atoms with Crippen LogP contribution in [-0.4, -0.2) is 23.3 Å². The van der Waals surface area contributed by atoms with Crippen molar-refractivity contribution in [1.82, 2.24) is 9.55 Å². The number of rotatable bonds is 11. The standard InChI is InChI=1S/C34H34N2O2/c1-3-11-26-18-21-32(33(24-26)37-2)38-23-10-9-22-36-31-15-8-7-14-30(31)35-34(36)25-27-16-19-29(20-17-27)28-12-5-4-6-13-28/h3-8,11-21,24H,9-10,22-23,25H2,1-2H3/b11-3+. The number of fused-ring (bicyclic) bond motifs is 1. The van der Waals surface area contributed by atoms with E-state index in [2.05, 4.69) is 83.4 Å². The van der Waals surface area contributed by atoms with E-state index in [1.165, 1.54) is 22.2 Å². The molecular weight excluding hydrogens is 468 g/mol. The van der Waals surface area contributed by atoms with Crippen LogP contribution >= 0.6 is 0 Å². The number of aryl methyl sites for hydroxylation is 1. The molecular formula is C34H34N2O2. The quantitative estimate of drug-likeness (QED) is 0.171. The lowest BCUT2D eigenvalue weighted by Crippen LogP contribution is -2.07. The Kier molecular flexibility index (Phi) is 8.19. The number of methoxy groups -OCH3 is 1. The highest BCUT2D eigenvalue weighted by molar-refractivity contribution is 5.76. The van der Waals surface area contributed by atoms with Crippen molar-refractivity contribution in [1.29, 1.82) is 0 Å². The molecule has 4 nitrogen and oxygen atoms in total. The predicted molar refractivity (Wildman–Crippen MR) is 157 cm³/mol. The zero-order chi connectivity index (χ0) is 26.2. The van der Waals surface area contributed by atoms with Gasteiger partial charge in [-0.25, -0.2) is 4.98 Å². The highest BCUT2D eigenvalue weighted by Crippen LogP contribution is 2.29. The molecule has 4 heteroatoms. The van der Waals surface area contributed by atoms with E-state index in [9.17, 15) is 0 Å². The first kappa shape index (κ1) is 25.3. The lowest BCUT2D eigenvalue weighted by molar-refractivity contribution is 0.284. The molecule has 0 aliphatic carbocycles. The van der Waals surface area contributed by atoms with Crippen LogP contribution in [0.5, 0.6) is 11.5 Å². The van der Waals surface area contributed by atoms with Crippen molar-refractivity contribution in [3.63, 3.8) is 0 Å². The summed E-state index contributed by atoms with van der Waals surface area (Å²) in [7, 11) is 1.68. The van der Waals surface area contributed by atoms with Gasteiger partial charge in [-0.1, -0.05) is 84.9 Å². The first-order valence-corrected chi connectivity index (χ1v) is 13.3. The van der Waals surface area contributed by atoms with Gasteiger partial charge in [0.1, 0.15) is 5.82 Å². The number of para-hydroxylation sites is 2. The lowest BCUT2D eigenvalue weighted by Gasteiger charge is -2.13. The summed E-state index contributed by atoms with van der Waals surface area (Å²) in [6.45, 7) is 3.55. The molecule has 1 heterocycles. The van der Waals surface area contributed by atoms with Gasteiger partial charge in [0.15, 0.2) is 11.5 Å². The molecule has 1 aromatic heterocycles. The molecule has 4 aromatic carbocycles. The second-order valence-electron chi connectivity index (χ2n) is 9.37. The number of hydrogen-bond acceptors (Lipinski definition) is 3. The van der Waals surface area contributed by atoms with Crippen LogP contribution in [0, 0.1) is 0 Å². The Labute approximate surface area is 225 Å². The summed E-state index contributed by atoms with van der Waals surface area (Å²) in [6.07, 6.45) is 6.81. The van der Waals surface area contributed by atoms with Gasteiger partial charge in [0, 0.05) is 13.0 Å². The molecule has 5 aromatic rings. The molecule has 0 unspecified atom stereocenters.